The van der Waals surface area contributed by atoms with Crippen molar-refractivity contribution in [2.45, 2.75) is 26.8 Å². The maximum Gasteiger partial charge on any atom is 0.267 e. The Kier molecular flexibility index (Phi) is 4.69. The van der Waals surface area contributed by atoms with E-state index in [0.717, 1.165) is 6.42 Å². The van der Waals surface area contributed by atoms with E-state index < -0.39 is 0 Å². The summed E-state index contributed by atoms with van der Waals surface area (Å²) in [4.78, 5) is 28.3. The topological polar surface area (TPSA) is 52.0 Å². The summed E-state index contributed by atoms with van der Waals surface area (Å²) in [6.07, 6.45) is 2.37. The lowest BCUT2D eigenvalue weighted by Gasteiger charge is -2.07. The fraction of sp³-hybridized carbons (Fsp3) is 0.267. The number of Topliss-reactive ketones (excluding diaryl/α,β-unsaturated/α-hetero) is 1. The minimum Gasteiger partial charge on any atom is -0.292 e. The second kappa shape index (κ2) is 6.30. The molecule has 4 nitrogen and oxygen atoms in total. The van der Waals surface area contributed by atoms with E-state index >= 15 is 0 Å². The van der Waals surface area contributed by atoms with Crippen molar-refractivity contribution in [2.75, 3.05) is 0 Å². The third kappa shape index (κ3) is 3.15. The van der Waals surface area contributed by atoms with Crippen molar-refractivity contribution in [3.63, 3.8) is 0 Å². The van der Waals surface area contributed by atoms with Gasteiger partial charge >= 0.3 is 0 Å². The molecule has 0 unspecified atom stereocenters. The molecule has 0 radical (unpaired) electrons. The minimum absolute atomic E-state index is 0.0214. The first-order chi connectivity index (χ1) is 9.52. The van der Waals surface area contributed by atoms with E-state index in [9.17, 15) is 9.59 Å². The van der Waals surface area contributed by atoms with Gasteiger partial charge in [-0.05, 0) is 41.5 Å². The van der Waals surface area contributed by atoms with Crippen molar-refractivity contribution in [3.05, 3.63) is 61.3 Å². The summed E-state index contributed by atoms with van der Waals surface area (Å²) in [7, 11) is 0. The lowest BCUT2D eigenvalue weighted by atomic mass is 10.1. The van der Waals surface area contributed by atoms with Crippen LogP contribution in [0.3, 0.4) is 0 Å². The molecule has 1 heterocycles. The highest BCUT2D eigenvalue weighted by molar-refractivity contribution is 14.1. The number of hydrogen-bond donors (Lipinski definition) is 0. The van der Waals surface area contributed by atoms with E-state index in [-0.39, 0.29) is 17.9 Å². The van der Waals surface area contributed by atoms with Crippen LogP contribution in [0.4, 0.5) is 0 Å². The van der Waals surface area contributed by atoms with Gasteiger partial charge in [0, 0.05) is 5.56 Å². The maximum absolute atomic E-state index is 12.2. The van der Waals surface area contributed by atoms with Gasteiger partial charge in [-0.15, -0.1) is 0 Å². The molecule has 0 aliphatic heterocycles. The Hall–Kier alpha value is -1.50. The van der Waals surface area contributed by atoms with Crippen molar-refractivity contribution in [1.29, 1.82) is 0 Å². The monoisotopic (exact) mass is 382 g/mol. The zero-order chi connectivity index (χ0) is 14.7. The summed E-state index contributed by atoms with van der Waals surface area (Å²) in [5.74, 6) is -0.0868. The lowest BCUT2D eigenvalue weighted by molar-refractivity contribution is 0.0970. The lowest BCUT2D eigenvalue weighted by Crippen LogP contribution is -2.27. The number of carbonyl (C=O) groups excluding carboxylic acids is 1. The molecule has 0 aliphatic rings. The summed E-state index contributed by atoms with van der Waals surface area (Å²) >= 11 is 1.96. The number of rotatable bonds is 4. The van der Waals surface area contributed by atoms with Crippen LogP contribution in [-0.4, -0.2) is 15.3 Å². The summed E-state index contributed by atoms with van der Waals surface area (Å²) in [5.41, 5.74) is 2.32. The van der Waals surface area contributed by atoms with E-state index in [1.807, 2.05) is 34.7 Å². The molecule has 0 amide bonds. The van der Waals surface area contributed by atoms with Gasteiger partial charge < -0.3 is 0 Å². The summed E-state index contributed by atoms with van der Waals surface area (Å²) in [6, 6.07) is 7.48. The molecule has 0 N–H and O–H groups in total. The van der Waals surface area contributed by atoms with Gasteiger partial charge in [0.1, 0.15) is 0 Å². The minimum atomic E-state index is -0.170. The van der Waals surface area contributed by atoms with Crippen LogP contribution in [0, 0.1) is 10.5 Å². The average Bonchev–Trinajstić information content (AvgIpc) is 2.48. The smallest absolute Gasteiger partial charge is 0.267 e. The molecule has 2 rings (SSSR count). The van der Waals surface area contributed by atoms with Gasteiger partial charge in [0.05, 0.1) is 22.1 Å². The Morgan fingerprint density at radius 3 is 2.55 bits per heavy atom. The van der Waals surface area contributed by atoms with Crippen molar-refractivity contribution in [1.82, 2.24) is 9.55 Å². The van der Waals surface area contributed by atoms with Crippen LogP contribution in [0.15, 0.2) is 35.4 Å². The number of nitrogens with zero attached hydrogens (tertiary/aromatic N) is 2. The zero-order valence-electron chi connectivity index (χ0n) is 11.4. The molecule has 5 heteroatoms. The Morgan fingerprint density at radius 2 is 1.95 bits per heavy atom. The van der Waals surface area contributed by atoms with Crippen LogP contribution >= 0.6 is 22.6 Å². The molecule has 104 valence electrons. The summed E-state index contributed by atoms with van der Waals surface area (Å²) in [6.45, 7) is 3.86. The number of hydrogen-bond acceptors (Lipinski definition) is 3. The molecule has 20 heavy (non-hydrogen) atoms. The zero-order valence-corrected chi connectivity index (χ0v) is 13.5. The van der Waals surface area contributed by atoms with E-state index in [0.29, 0.717) is 14.8 Å². The average molecular weight is 382 g/mol. The molecule has 0 bridgehead atoms. The van der Waals surface area contributed by atoms with Crippen molar-refractivity contribution < 1.29 is 4.79 Å². The molecular weight excluding hydrogens is 367 g/mol. The highest BCUT2D eigenvalue weighted by Gasteiger charge is 2.10. The van der Waals surface area contributed by atoms with Gasteiger partial charge in [-0.3, -0.25) is 14.2 Å². The van der Waals surface area contributed by atoms with Crippen LogP contribution in [0.5, 0.6) is 0 Å². The molecule has 2 aromatic rings. The second-order valence-corrected chi connectivity index (χ2v) is 5.63. The van der Waals surface area contributed by atoms with Crippen LogP contribution in [0.1, 0.15) is 28.5 Å². The first kappa shape index (κ1) is 14.9. The molecule has 0 spiro atoms. The SMILES string of the molecule is CCc1ccc(C(=O)Cn2cnc(C)c(I)c2=O)cc1. The Bertz CT molecular complexity index is 690. The molecule has 1 aromatic carbocycles. The summed E-state index contributed by atoms with van der Waals surface area (Å²) < 4.78 is 1.91. The molecule has 0 atom stereocenters. The molecule has 1 aromatic heterocycles. The predicted molar refractivity (Wildman–Crippen MR) is 86.1 cm³/mol. The van der Waals surface area contributed by atoms with Crippen LogP contribution in [-0.2, 0) is 13.0 Å². The third-order valence-electron chi connectivity index (χ3n) is 3.16. The number of ketones is 1. The third-order valence-corrected chi connectivity index (χ3v) is 4.40. The largest absolute Gasteiger partial charge is 0.292 e. The number of aromatic nitrogens is 2. The quantitative estimate of drug-likeness (QED) is 0.604. The van der Waals surface area contributed by atoms with Gasteiger partial charge in [0.25, 0.3) is 5.56 Å². The van der Waals surface area contributed by atoms with Crippen molar-refractivity contribution >= 4 is 28.4 Å². The van der Waals surface area contributed by atoms with E-state index in [1.165, 1.54) is 16.5 Å². The molecule has 0 fully saturated rings. The molecule has 0 saturated heterocycles. The second-order valence-electron chi connectivity index (χ2n) is 4.55. The molecule has 0 saturated carbocycles. The van der Waals surface area contributed by atoms with Gasteiger partial charge in [0.15, 0.2) is 5.78 Å². The van der Waals surface area contributed by atoms with Crippen molar-refractivity contribution in [2.24, 2.45) is 0 Å². The normalized spacial score (nSPS) is 10.6. The van der Waals surface area contributed by atoms with E-state index in [1.54, 1.807) is 19.1 Å². The standard InChI is InChI=1S/C15H15IN2O2/c1-3-11-4-6-12(7-5-11)13(19)8-18-9-17-10(2)14(16)15(18)20/h4-7,9H,3,8H2,1-2H3. The van der Waals surface area contributed by atoms with E-state index in [4.69, 9.17) is 0 Å². The first-order valence-corrected chi connectivity index (χ1v) is 7.44. The number of aryl methyl sites for hydroxylation is 2. The number of carbonyl (C=O) groups is 1. The fourth-order valence-corrected chi connectivity index (χ4v) is 2.28. The van der Waals surface area contributed by atoms with Gasteiger partial charge in [-0.2, -0.15) is 0 Å². The Balaban J connectivity index is 2.23. The Morgan fingerprint density at radius 1 is 1.30 bits per heavy atom. The first-order valence-electron chi connectivity index (χ1n) is 6.36. The van der Waals surface area contributed by atoms with Crippen LogP contribution in [0.25, 0.3) is 0 Å². The highest BCUT2D eigenvalue weighted by atomic mass is 127. The van der Waals surface area contributed by atoms with Crippen molar-refractivity contribution in [3.8, 4) is 0 Å². The van der Waals surface area contributed by atoms with Crippen LogP contribution in [0.2, 0.25) is 0 Å². The van der Waals surface area contributed by atoms with Crippen LogP contribution < -0.4 is 5.56 Å². The van der Waals surface area contributed by atoms with Gasteiger partial charge in [0.2, 0.25) is 0 Å². The fourth-order valence-electron chi connectivity index (χ4n) is 1.83. The number of halogens is 1. The predicted octanol–water partition coefficient (Wildman–Crippen LogP) is 2.60. The summed E-state index contributed by atoms with van der Waals surface area (Å²) in [5, 5.41) is 0. The van der Waals surface area contributed by atoms with E-state index in [2.05, 4.69) is 11.9 Å². The Labute approximate surface area is 131 Å². The maximum atomic E-state index is 12.2. The van der Waals surface area contributed by atoms with Gasteiger partial charge in [-0.1, -0.05) is 31.2 Å². The van der Waals surface area contributed by atoms with Gasteiger partial charge in [-0.25, -0.2) is 4.98 Å². The highest BCUT2D eigenvalue weighted by Crippen LogP contribution is 2.07. The molecule has 0 aliphatic carbocycles. The number of benzene rings is 1. The molecular formula is C15H15IN2O2.